The van der Waals surface area contributed by atoms with Crippen LogP contribution in [0.1, 0.15) is 58.6 Å². The van der Waals surface area contributed by atoms with E-state index in [1.165, 1.54) is 19.3 Å². The van der Waals surface area contributed by atoms with E-state index in [1.807, 2.05) is 36.4 Å². The summed E-state index contributed by atoms with van der Waals surface area (Å²) < 4.78 is 7.00. The Bertz CT molecular complexity index is 914. The van der Waals surface area contributed by atoms with Gasteiger partial charge in [0.15, 0.2) is 6.61 Å². The van der Waals surface area contributed by atoms with Crippen LogP contribution >= 0.6 is 0 Å². The van der Waals surface area contributed by atoms with Crippen LogP contribution < -0.4 is 5.32 Å². The molecule has 30 heavy (non-hydrogen) atoms. The second-order valence-corrected chi connectivity index (χ2v) is 9.76. The van der Waals surface area contributed by atoms with Gasteiger partial charge in [0.05, 0.1) is 11.4 Å². The molecule has 0 spiro atoms. The molecule has 6 heteroatoms. The highest BCUT2D eigenvalue weighted by Crippen LogP contribution is 2.49. The van der Waals surface area contributed by atoms with E-state index < -0.39 is 0 Å². The summed E-state index contributed by atoms with van der Waals surface area (Å²) in [5.74, 6) is 1.86. The minimum atomic E-state index is -0.353. The molecule has 2 bridgehead atoms. The summed E-state index contributed by atoms with van der Waals surface area (Å²) in [5.41, 5.74) is 1.57. The van der Waals surface area contributed by atoms with Gasteiger partial charge in [-0.25, -0.2) is 4.68 Å². The highest BCUT2D eigenvalue weighted by Gasteiger charge is 2.40. The first-order chi connectivity index (χ1) is 14.3. The zero-order chi connectivity index (χ0) is 21.3. The van der Waals surface area contributed by atoms with E-state index in [1.54, 1.807) is 4.68 Å². The van der Waals surface area contributed by atoms with Crippen molar-refractivity contribution in [1.82, 2.24) is 9.78 Å². The largest absolute Gasteiger partial charge is 0.456 e. The molecule has 0 unspecified atom stereocenters. The molecule has 0 saturated heterocycles. The Morgan fingerprint density at radius 3 is 2.57 bits per heavy atom. The van der Waals surface area contributed by atoms with Crippen LogP contribution in [0.5, 0.6) is 0 Å². The van der Waals surface area contributed by atoms with E-state index in [2.05, 4.69) is 31.2 Å². The molecular weight excluding hydrogens is 378 g/mol. The molecule has 2 aliphatic carbocycles. The number of hydrogen-bond donors (Lipinski definition) is 1. The van der Waals surface area contributed by atoms with Crippen molar-refractivity contribution in [3.63, 3.8) is 0 Å². The maximum atomic E-state index is 12.5. The van der Waals surface area contributed by atoms with Crippen molar-refractivity contribution in [3.8, 4) is 5.69 Å². The molecule has 2 aliphatic rings. The Morgan fingerprint density at radius 2 is 1.93 bits per heavy atom. The van der Waals surface area contributed by atoms with Crippen molar-refractivity contribution in [2.24, 2.45) is 17.8 Å². The molecule has 160 valence electrons. The lowest BCUT2D eigenvalue weighted by Gasteiger charge is -2.20. The molecule has 0 aliphatic heterocycles. The maximum Gasteiger partial charge on any atom is 0.306 e. The number of rotatable bonds is 6. The summed E-state index contributed by atoms with van der Waals surface area (Å²) in [4.78, 5) is 24.7. The Kier molecular flexibility index (Phi) is 5.67. The molecule has 1 aromatic carbocycles. The van der Waals surface area contributed by atoms with E-state index in [0.717, 1.165) is 23.7 Å². The lowest BCUT2D eigenvalue weighted by atomic mass is 9.86. The number of amides is 1. The number of hydrogen-bond acceptors (Lipinski definition) is 4. The molecule has 1 heterocycles. The molecule has 3 atom stereocenters. The molecule has 4 rings (SSSR count). The number of ether oxygens (including phenoxy) is 1. The van der Waals surface area contributed by atoms with Crippen LogP contribution in [0.25, 0.3) is 5.69 Å². The van der Waals surface area contributed by atoms with Crippen LogP contribution in [0.15, 0.2) is 36.4 Å². The summed E-state index contributed by atoms with van der Waals surface area (Å²) in [7, 11) is 0. The minimum absolute atomic E-state index is 0.160. The van der Waals surface area contributed by atoms with Gasteiger partial charge in [-0.05, 0) is 49.1 Å². The first kappa shape index (κ1) is 20.6. The summed E-state index contributed by atoms with van der Waals surface area (Å²) >= 11 is 0. The molecule has 2 aromatic rings. The SMILES string of the molecule is CC(C)(C)c1cc(NC(=O)COC(=O)C[C@H]2C[C@H]3CC[C@@H]2C3)n(-c2ccccc2)n1. The summed E-state index contributed by atoms with van der Waals surface area (Å²) in [6.07, 6.45) is 5.38. The molecule has 2 saturated carbocycles. The number of aromatic nitrogens is 2. The van der Waals surface area contributed by atoms with Gasteiger partial charge in [0.2, 0.25) is 0 Å². The molecule has 1 amide bonds. The number of esters is 1. The van der Waals surface area contributed by atoms with Crippen LogP contribution in [0.2, 0.25) is 0 Å². The number of para-hydroxylation sites is 1. The fourth-order valence-electron chi connectivity index (χ4n) is 4.83. The van der Waals surface area contributed by atoms with Gasteiger partial charge in [0.25, 0.3) is 5.91 Å². The molecule has 1 aromatic heterocycles. The van der Waals surface area contributed by atoms with Crippen molar-refractivity contribution in [3.05, 3.63) is 42.1 Å². The minimum Gasteiger partial charge on any atom is -0.456 e. The fraction of sp³-hybridized carbons (Fsp3) is 0.542. The molecular formula is C24H31N3O3. The predicted molar refractivity (Wildman–Crippen MR) is 115 cm³/mol. The third-order valence-electron chi connectivity index (χ3n) is 6.42. The van der Waals surface area contributed by atoms with Gasteiger partial charge >= 0.3 is 5.97 Å². The number of carbonyl (C=O) groups is 2. The normalized spacial score (nSPS) is 22.8. The number of carbonyl (C=O) groups excluding carboxylic acids is 2. The number of fused-ring (bicyclic) bond motifs is 2. The quantitative estimate of drug-likeness (QED) is 0.714. The average Bonchev–Trinajstić information content (AvgIpc) is 3.42. The number of anilines is 1. The fourth-order valence-corrected chi connectivity index (χ4v) is 4.83. The summed E-state index contributed by atoms with van der Waals surface area (Å²) in [6, 6.07) is 11.5. The molecule has 2 fully saturated rings. The zero-order valence-corrected chi connectivity index (χ0v) is 18.1. The van der Waals surface area contributed by atoms with Gasteiger partial charge in [0.1, 0.15) is 5.82 Å². The Hall–Kier alpha value is -2.63. The highest BCUT2D eigenvalue weighted by molar-refractivity contribution is 5.92. The van der Waals surface area contributed by atoms with Crippen molar-refractivity contribution < 1.29 is 14.3 Å². The zero-order valence-electron chi connectivity index (χ0n) is 18.1. The van der Waals surface area contributed by atoms with Gasteiger partial charge in [0, 0.05) is 17.9 Å². The summed E-state index contributed by atoms with van der Waals surface area (Å²) in [5, 5.41) is 7.55. The predicted octanol–water partition coefficient (Wildman–Crippen LogP) is 4.48. The van der Waals surface area contributed by atoms with Crippen LogP contribution in [-0.2, 0) is 19.7 Å². The van der Waals surface area contributed by atoms with Gasteiger partial charge < -0.3 is 10.1 Å². The van der Waals surface area contributed by atoms with Crippen LogP contribution in [0, 0.1) is 17.8 Å². The number of benzene rings is 1. The average molecular weight is 410 g/mol. The van der Waals surface area contributed by atoms with Crippen molar-refractivity contribution in [1.29, 1.82) is 0 Å². The summed E-state index contributed by atoms with van der Waals surface area (Å²) in [6.45, 7) is 5.96. The number of nitrogens with one attached hydrogen (secondary N) is 1. The Morgan fingerprint density at radius 1 is 1.17 bits per heavy atom. The second-order valence-electron chi connectivity index (χ2n) is 9.76. The van der Waals surface area contributed by atoms with E-state index >= 15 is 0 Å². The lowest BCUT2D eigenvalue weighted by Crippen LogP contribution is -2.24. The van der Waals surface area contributed by atoms with Gasteiger partial charge in [-0.3, -0.25) is 9.59 Å². The third-order valence-corrected chi connectivity index (χ3v) is 6.42. The van der Waals surface area contributed by atoms with Crippen LogP contribution in [-0.4, -0.2) is 28.3 Å². The van der Waals surface area contributed by atoms with Crippen molar-refractivity contribution >= 4 is 17.7 Å². The molecule has 1 N–H and O–H groups in total. The topological polar surface area (TPSA) is 73.2 Å². The first-order valence-electron chi connectivity index (χ1n) is 10.9. The van der Waals surface area contributed by atoms with Crippen molar-refractivity contribution in [2.75, 3.05) is 11.9 Å². The lowest BCUT2D eigenvalue weighted by molar-refractivity contribution is -0.148. The van der Waals surface area contributed by atoms with Gasteiger partial charge in [-0.2, -0.15) is 5.10 Å². The van der Waals surface area contributed by atoms with E-state index in [0.29, 0.717) is 24.1 Å². The monoisotopic (exact) mass is 409 g/mol. The standard InChI is InChI=1S/C24H31N3O3/c1-24(2,3)20-14-21(27(26-20)19-7-5-4-6-8-19)25-22(28)15-30-23(29)13-18-12-16-9-10-17(18)11-16/h4-8,14,16-18H,9-13,15H2,1-3H3,(H,25,28)/t16-,17+,18+/m0/s1. The third kappa shape index (κ3) is 4.58. The second kappa shape index (κ2) is 8.25. The highest BCUT2D eigenvalue weighted by atomic mass is 16.5. The van der Waals surface area contributed by atoms with Gasteiger partial charge in [-0.1, -0.05) is 45.4 Å². The maximum absolute atomic E-state index is 12.5. The molecule has 0 radical (unpaired) electrons. The van der Waals surface area contributed by atoms with Crippen LogP contribution in [0.4, 0.5) is 5.82 Å². The van der Waals surface area contributed by atoms with Gasteiger partial charge in [-0.15, -0.1) is 0 Å². The smallest absolute Gasteiger partial charge is 0.306 e. The Labute approximate surface area is 178 Å². The van der Waals surface area contributed by atoms with Crippen LogP contribution in [0.3, 0.4) is 0 Å². The first-order valence-corrected chi connectivity index (χ1v) is 10.9. The van der Waals surface area contributed by atoms with E-state index in [4.69, 9.17) is 4.74 Å². The molecule has 6 nitrogen and oxygen atoms in total. The van der Waals surface area contributed by atoms with E-state index in [9.17, 15) is 9.59 Å². The van der Waals surface area contributed by atoms with Crippen molar-refractivity contribution in [2.45, 2.75) is 58.3 Å². The Balaban J connectivity index is 1.37. The van der Waals surface area contributed by atoms with E-state index in [-0.39, 0.29) is 23.9 Å². The number of nitrogens with zero attached hydrogens (tertiary/aromatic N) is 2.